The minimum Gasteiger partial charge on any atom is -0.132 e. The van der Waals surface area contributed by atoms with E-state index in [1.54, 1.807) is 0 Å². The third-order valence-corrected chi connectivity index (χ3v) is 3.73. The van der Waals surface area contributed by atoms with Gasteiger partial charge in [-0.2, -0.15) is 0 Å². The van der Waals surface area contributed by atoms with Crippen LogP contribution in [0.25, 0.3) is 0 Å². The summed E-state index contributed by atoms with van der Waals surface area (Å²) in [6.07, 6.45) is 15.7. The predicted molar refractivity (Wildman–Crippen MR) is 91.0 cm³/mol. The van der Waals surface area contributed by atoms with Crippen LogP contribution in [0, 0.1) is 11.5 Å². The molecule has 19 heavy (non-hydrogen) atoms. The van der Waals surface area contributed by atoms with Crippen molar-refractivity contribution in [2.24, 2.45) is 0 Å². The second kappa shape index (κ2) is 12.3. The smallest absolute Gasteiger partial charge is 0.129 e. The van der Waals surface area contributed by atoms with Crippen LogP contribution < -0.4 is 0 Å². The molecule has 0 heterocycles. The van der Waals surface area contributed by atoms with Crippen molar-refractivity contribution in [3.8, 4) is 11.5 Å². The Hall–Kier alpha value is -0.703. The molecule has 0 amide bonds. The van der Waals surface area contributed by atoms with Crippen molar-refractivity contribution in [3.63, 3.8) is 0 Å². The van der Waals surface area contributed by atoms with E-state index < -0.39 is 8.07 Å². The predicted octanol–water partition coefficient (Wildman–Crippen LogP) is 6.11. The molecule has 108 valence electrons. The lowest BCUT2D eigenvalue weighted by atomic mass is 10.1. The normalized spacial score (nSPS) is 10.3. The Balaban J connectivity index is 3.44. The molecule has 0 radical (unpaired) electrons. The molecule has 0 aromatic heterocycles. The molecule has 0 nitrogen and oxygen atoms in total. The van der Waals surface area contributed by atoms with Crippen LogP contribution in [0.4, 0.5) is 0 Å². The SMILES string of the molecule is CCCCCCCC=C=CCCCC#C[Si](C)(C)C. The molecule has 0 saturated heterocycles. The van der Waals surface area contributed by atoms with Gasteiger partial charge in [0, 0.05) is 6.42 Å². The van der Waals surface area contributed by atoms with Crippen molar-refractivity contribution < 1.29 is 0 Å². The Morgan fingerprint density at radius 3 is 2.11 bits per heavy atom. The van der Waals surface area contributed by atoms with Gasteiger partial charge in [-0.3, -0.25) is 0 Å². The monoisotopic (exact) mass is 276 g/mol. The second-order valence-corrected chi connectivity index (χ2v) is 11.0. The number of unbranched alkanes of at least 4 members (excludes halogenated alkanes) is 7. The van der Waals surface area contributed by atoms with Crippen molar-refractivity contribution in [1.82, 2.24) is 0 Å². The van der Waals surface area contributed by atoms with Gasteiger partial charge in [-0.1, -0.05) is 52.2 Å². The summed E-state index contributed by atoms with van der Waals surface area (Å²) in [5, 5.41) is 0. The van der Waals surface area contributed by atoms with Gasteiger partial charge >= 0.3 is 0 Å². The molecule has 0 aromatic rings. The highest BCUT2D eigenvalue weighted by atomic mass is 28.3. The zero-order valence-electron chi connectivity index (χ0n) is 13.5. The van der Waals surface area contributed by atoms with Gasteiger partial charge in [-0.25, -0.2) is 0 Å². The van der Waals surface area contributed by atoms with E-state index in [2.05, 4.69) is 55.9 Å². The highest BCUT2D eigenvalue weighted by molar-refractivity contribution is 6.83. The lowest BCUT2D eigenvalue weighted by Crippen LogP contribution is -2.16. The van der Waals surface area contributed by atoms with E-state index in [0.717, 1.165) is 12.8 Å². The zero-order chi connectivity index (χ0) is 14.4. The van der Waals surface area contributed by atoms with E-state index in [9.17, 15) is 0 Å². The van der Waals surface area contributed by atoms with Crippen LogP contribution in [-0.2, 0) is 0 Å². The average Bonchev–Trinajstić information content (AvgIpc) is 2.34. The van der Waals surface area contributed by atoms with Gasteiger partial charge in [0.1, 0.15) is 8.07 Å². The van der Waals surface area contributed by atoms with E-state index >= 15 is 0 Å². The first kappa shape index (κ1) is 18.3. The molecule has 0 saturated carbocycles. The van der Waals surface area contributed by atoms with Crippen LogP contribution in [0.5, 0.6) is 0 Å². The summed E-state index contributed by atoms with van der Waals surface area (Å²) < 4.78 is 0. The second-order valence-electron chi connectivity index (χ2n) is 6.22. The number of allylic oxidation sites excluding steroid dienone is 1. The van der Waals surface area contributed by atoms with Gasteiger partial charge < -0.3 is 0 Å². The summed E-state index contributed by atoms with van der Waals surface area (Å²) in [6.45, 7) is 9.14. The largest absolute Gasteiger partial charge is 0.132 e. The van der Waals surface area contributed by atoms with Gasteiger partial charge in [0.05, 0.1) is 0 Å². The maximum Gasteiger partial charge on any atom is 0.129 e. The molecule has 0 aliphatic carbocycles. The van der Waals surface area contributed by atoms with Crippen molar-refractivity contribution in [2.45, 2.75) is 84.4 Å². The van der Waals surface area contributed by atoms with Gasteiger partial charge in [0.2, 0.25) is 0 Å². The molecule has 0 bridgehead atoms. The maximum atomic E-state index is 3.40. The molecular weight excluding hydrogens is 244 g/mol. The fourth-order valence-electron chi connectivity index (χ4n) is 1.72. The van der Waals surface area contributed by atoms with Crippen LogP contribution in [0.2, 0.25) is 19.6 Å². The van der Waals surface area contributed by atoms with E-state index in [1.165, 1.54) is 44.9 Å². The number of hydrogen-bond acceptors (Lipinski definition) is 0. The summed E-state index contributed by atoms with van der Waals surface area (Å²) in [7, 11) is -1.15. The summed E-state index contributed by atoms with van der Waals surface area (Å²) in [4.78, 5) is 0. The fourth-order valence-corrected chi connectivity index (χ4v) is 2.38. The van der Waals surface area contributed by atoms with Crippen molar-refractivity contribution in [3.05, 3.63) is 17.9 Å². The van der Waals surface area contributed by atoms with Gasteiger partial charge in [-0.15, -0.1) is 17.2 Å². The van der Waals surface area contributed by atoms with Gasteiger partial charge in [0.25, 0.3) is 0 Å². The lowest BCUT2D eigenvalue weighted by molar-refractivity contribution is 0.637. The van der Waals surface area contributed by atoms with E-state index in [0.29, 0.717) is 0 Å². The minimum absolute atomic E-state index is 1.04. The third-order valence-electron chi connectivity index (χ3n) is 2.80. The summed E-state index contributed by atoms with van der Waals surface area (Å²) in [5.74, 6) is 3.31. The van der Waals surface area contributed by atoms with Crippen molar-refractivity contribution in [1.29, 1.82) is 0 Å². The molecule has 0 unspecified atom stereocenters. The van der Waals surface area contributed by atoms with Crippen LogP contribution in [0.3, 0.4) is 0 Å². The van der Waals surface area contributed by atoms with Gasteiger partial charge in [-0.05, 0) is 37.8 Å². The minimum atomic E-state index is -1.15. The topological polar surface area (TPSA) is 0 Å². The van der Waals surface area contributed by atoms with Crippen LogP contribution in [0.15, 0.2) is 17.9 Å². The Kier molecular flexibility index (Phi) is 11.9. The van der Waals surface area contributed by atoms with Gasteiger partial charge in [0.15, 0.2) is 0 Å². The lowest BCUT2D eigenvalue weighted by Gasteiger charge is -2.02. The zero-order valence-corrected chi connectivity index (χ0v) is 14.5. The third kappa shape index (κ3) is 17.3. The summed E-state index contributed by atoms with van der Waals surface area (Å²) >= 11 is 0. The van der Waals surface area contributed by atoms with E-state index in [4.69, 9.17) is 0 Å². The standard InChI is InChI=1S/C18H32Si/c1-5-6-7-8-9-10-11-12-13-14-15-16-17-18-19(2,3)4/h11,13H,5-10,14-16H2,1-4H3. The highest BCUT2D eigenvalue weighted by Gasteiger charge is 2.06. The van der Waals surface area contributed by atoms with Crippen LogP contribution in [-0.4, -0.2) is 8.07 Å². The molecule has 0 atom stereocenters. The molecule has 1 heteroatoms. The van der Waals surface area contributed by atoms with Crippen molar-refractivity contribution >= 4 is 8.07 Å². The highest BCUT2D eigenvalue weighted by Crippen LogP contribution is 2.05. The molecule has 0 N–H and O–H groups in total. The number of rotatable bonds is 9. The quantitative estimate of drug-likeness (QED) is 0.206. The fraction of sp³-hybridized carbons (Fsp3) is 0.722. The molecule has 0 aliphatic heterocycles. The Morgan fingerprint density at radius 2 is 1.47 bits per heavy atom. The Bertz CT molecular complexity index is 316. The molecule has 0 aliphatic rings. The molecular formula is C18H32Si. The summed E-state index contributed by atoms with van der Waals surface area (Å²) in [5.41, 5.74) is 6.70. The Labute approximate surface area is 122 Å². The van der Waals surface area contributed by atoms with Crippen LogP contribution in [0.1, 0.15) is 64.7 Å². The Morgan fingerprint density at radius 1 is 0.842 bits per heavy atom. The number of hydrogen-bond donors (Lipinski definition) is 0. The van der Waals surface area contributed by atoms with Crippen molar-refractivity contribution in [2.75, 3.05) is 0 Å². The van der Waals surface area contributed by atoms with Crippen LogP contribution >= 0.6 is 0 Å². The maximum absolute atomic E-state index is 3.40. The molecule has 0 spiro atoms. The first-order chi connectivity index (χ1) is 9.06. The van der Waals surface area contributed by atoms with E-state index in [1.807, 2.05) is 0 Å². The first-order valence-corrected chi connectivity index (χ1v) is 11.5. The molecule has 0 aromatic carbocycles. The molecule has 0 rings (SSSR count). The molecule has 0 fully saturated rings. The summed E-state index contributed by atoms with van der Waals surface area (Å²) in [6, 6.07) is 0. The average molecular weight is 277 g/mol. The first-order valence-electron chi connectivity index (χ1n) is 7.95. The van der Waals surface area contributed by atoms with E-state index in [-0.39, 0.29) is 0 Å².